The molecule has 2 amide bonds. The Bertz CT molecular complexity index is 1130. The summed E-state index contributed by atoms with van der Waals surface area (Å²) in [7, 11) is 0. The molecule has 0 aromatic heterocycles. The standard InChI is InChI=1S/C30H32F2N2O2/c31-25-15-11-23(12-16-25)20-29(35)34(21-24-13-17-26(32)18-14-24)28(19-22-7-3-1-4-8-22)30(36)33-27-9-5-2-6-10-27/h1,3-4,7-8,11-18,27-28H,2,5-6,9-10,19-21H2,(H,33,36)/t28-/m1/s1. The molecule has 1 saturated carbocycles. The summed E-state index contributed by atoms with van der Waals surface area (Å²) in [6.45, 7) is 0.163. The Labute approximate surface area is 211 Å². The van der Waals surface area contributed by atoms with Crippen LogP contribution < -0.4 is 5.32 Å². The summed E-state index contributed by atoms with van der Waals surface area (Å²) < 4.78 is 27.0. The molecule has 4 nitrogen and oxygen atoms in total. The summed E-state index contributed by atoms with van der Waals surface area (Å²) in [5.74, 6) is -1.16. The van der Waals surface area contributed by atoms with E-state index in [0.29, 0.717) is 12.0 Å². The maximum atomic E-state index is 13.7. The van der Waals surface area contributed by atoms with Gasteiger partial charge in [-0.15, -0.1) is 0 Å². The summed E-state index contributed by atoms with van der Waals surface area (Å²) >= 11 is 0. The van der Waals surface area contributed by atoms with E-state index in [1.807, 2.05) is 30.3 Å². The number of hydrogen-bond acceptors (Lipinski definition) is 2. The second-order valence-corrected chi connectivity index (χ2v) is 9.50. The Balaban J connectivity index is 1.64. The number of benzene rings is 3. The van der Waals surface area contributed by atoms with Crippen molar-refractivity contribution in [2.45, 2.75) is 63.6 Å². The van der Waals surface area contributed by atoms with E-state index in [0.717, 1.165) is 36.8 Å². The Hall–Kier alpha value is -3.54. The van der Waals surface area contributed by atoms with Crippen LogP contribution in [0, 0.1) is 11.6 Å². The van der Waals surface area contributed by atoms with Gasteiger partial charge in [-0.2, -0.15) is 0 Å². The lowest BCUT2D eigenvalue weighted by Gasteiger charge is -2.33. The highest BCUT2D eigenvalue weighted by Crippen LogP contribution is 2.20. The summed E-state index contributed by atoms with van der Waals surface area (Å²) in [6, 6.07) is 20.8. The molecule has 4 rings (SSSR count). The Morgan fingerprint density at radius 1 is 0.778 bits per heavy atom. The van der Waals surface area contributed by atoms with Crippen LogP contribution in [0.4, 0.5) is 8.78 Å². The highest BCUT2D eigenvalue weighted by atomic mass is 19.1. The third-order valence-electron chi connectivity index (χ3n) is 6.76. The van der Waals surface area contributed by atoms with Gasteiger partial charge in [-0.25, -0.2) is 8.78 Å². The molecule has 0 bridgehead atoms. The quantitative estimate of drug-likeness (QED) is 0.425. The van der Waals surface area contributed by atoms with E-state index < -0.39 is 6.04 Å². The summed E-state index contributed by atoms with van der Waals surface area (Å²) in [5.41, 5.74) is 2.34. The average molecular weight is 491 g/mol. The van der Waals surface area contributed by atoms with Crippen LogP contribution in [0.15, 0.2) is 78.9 Å². The zero-order chi connectivity index (χ0) is 25.3. The lowest BCUT2D eigenvalue weighted by atomic mass is 9.94. The monoisotopic (exact) mass is 490 g/mol. The van der Waals surface area contributed by atoms with Crippen molar-refractivity contribution in [2.75, 3.05) is 0 Å². The van der Waals surface area contributed by atoms with E-state index in [1.54, 1.807) is 29.2 Å². The largest absolute Gasteiger partial charge is 0.352 e. The van der Waals surface area contributed by atoms with Gasteiger partial charge in [0.25, 0.3) is 0 Å². The minimum Gasteiger partial charge on any atom is -0.352 e. The van der Waals surface area contributed by atoms with Crippen LogP contribution in [0.3, 0.4) is 0 Å². The van der Waals surface area contributed by atoms with Crippen molar-refractivity contribution in [3.05, 3.63) is 107 Å². The Morgan fingerprint density at radius 2 is 1.36 bits per heavy atom. The first kappa shape index (κ1) is 25.5. The van der Waals surface area contributed by atoms with Gasteiger partial charge < -0.3 is 10.2 Å². The molecule has 3 aromatic rings. The molecule has 0 radical (unpaired) electrons. The van der Waals surface area contributed by atoms with Gasteiger partial charge in [0, 0.05) is 19.0 Å². The minimum atomic E-state index is -0.743. The van der Waals surface area contributed by atoms with Crippen molar-refractivity contribution in [3.63, 3.8) is 0 Å². The Morgan fingerprint density at radius 3 is 1.97 bits per heavy atom. The second kappa shape index (κ2) is 12.4. The number of carbonyl (C=O) groups excluding carboxylic acids is 2. The van der Waals surface area contributed by atoms with E-state index in [9.17, 15) is 18.4 Å². The maximum Gasteiger partial charge on any atom is 0.243 e. The molecule has 1 N–H and O–H groups in total. The fourth-order valence-corrected chi connectivity index (χ4v) is 4.76. The van der Waals surface area contributed by atoms with Gasteiger partial charge in [0.15, 0.2) is 0 Å². The Kier molecular flexibility index (Phi) is 8.82. The third kappa shape index (κ3) is 7.23. The lowest BCUT2D eigenvalue weighted by Crippen LogP contribution is -2.53. The van der Waals surface area contributed by atoms with Crippen LogP contribution in [0.25, 0.3) is 0 Å². The highest BCUT2D eigenvalue weighted by molar-refractivity contribution is 5.89. The van der Waals surface area contributed by atoms with Gasteiger partial charge in [-0.05, 0) is 53.8 Å². The smallest absolute Gasteiger partial charge is 0.243 e. The molecule has 0 aliphatic heterocycles. The predicted octanol–water partition coefficient (Wildman–Crippen LogP) is 5.60. The zero-order valence-electron chi connectivity index (χ0n) is 20.3. The van der Waals surface area contributed by atoms with E-state index in [4.69, 9.17) is 0 Å². The zero-order valence-corrected chi connectivity index (χ0v) is 20.3. The van der Waals surface area contributed by atoms with Crippen molar-refractivity contribution in [1.29, 1.82) is 0 Å². The lowest BCUT2D eigenvalue weighted by molar-refractivity contribution is -0.141. The molecular weight excluding hydrogens is 458 g/mol. The molecule has 36 heavy (non-hydrogen) atoms. The third-order valence-corrected chi connectivity index (χ3v) is 6.76. The van der Waals surface area contributed by atoms with E-state index in [-0.39, 0.29) is 42.5 Å². The number of amides is 2. The molecule has 0 spiro atoms. The molecule has 0 heterocycles. The first-order valence-electron chi connectivity index (χ1n) is 12.6. The van der Waals surface area contributed by atoms with Crippen molar-refractivity contribution in [1.82, 2.24) is 10.2 Å². The van der Waals surface area contributed by atoms with Crippen LogP contribution in [0.1, 0.15) is 48.8 Å². The topological polar surface area (TPSA) is 49.4 Å². The summed E-state index contributed by atoms with van der Waals surface area (Å²) in [6.07, 6.45) is 5.59. The van der Waals surface area contributed by atoms with Crippen molar-refractivity contribution >= 4 is 11.8 Å². The molecule has 0 saturated heterocycles. The van der Waals surface area contributed by atoms with Crippen molar-refractivity contribution < 1.29 is 18.4 Å². The van der Waals surface area contributed by atoms with Crippen LogP contribution >= 0.6 is 0 Å². The fourth-order valence-electron chi connectivity index (χ4n) is 4.76. The van der Waals surface area contributed by atoms with E-state index in [2.05, 4.69) is 5.32 Å². The number of rotatable bonds is 9. The molecule has 188 valence electrons. The normalized spacial score (nSPS) is 14.7. The molecular formula is C30H32F2N2O2. The number of halogens is 2. The van der Waals surface area contributed by atoms with Crippen LogP contribution in [-0.2, 0) is 29.0 Å². The SMILES string of the molecule is O=C(NC1CCCCC1)[C@@H](Cc1ccccc1)N(Cc1ccc(F)cc1)C(=O)Cc1ccc(F)cc1. The molecule has 6 heteroatoms. The summed E-state index contributed by atoms with van der Waals surface area (Å²) in [5, 5.41) is 3.20. The predicted molar refractivity (Wildman–Crippen MR) is 136 cm³/mol. The molecule has 3 aromatic carbocycles. The van der Waals surface area contributed by atoms with Gasteiger partial charge in [-0.1, -0.05) is 73.9 Å². The van der Waals surface area contributed by atoms with Gasteiger partial charge in [0.2, 0.25) is 11.8 Å². The molecule has 1 aliphatic rings. The van der Waals surface area contributed by atoms with E-state index in [1.165, 1.54) is 30.7 Å². The van der Waals surface area contributed by atoms with Crippen LogP contribution in [-0.4, -0.2) is 28.8 Å². The highest BCUT2D eigenvalue weighted by Gasteiger charge is 2.32. The number of nitrogens with one attached hydrogen (secondary N) is 1. The van der Waals surface area contributed by atoms with Gasteiger partial charge in [0.05, 0.1) is 6.42 Å². The van der Waals surface area contributed by atoms with Crippen LogP contribution in [0.5, 0.6) is 0 Å². The van der Waals surface area contributed by atoms with Crippen molar-refractivity contribution in [3.8, 4) is 0 Å². The molecule has 0 unspecified atom stereocenters. The van der Waals surface area contributed by atoms with Gasteiger partial charge in [-0.3, -0.25) is 9.59 Å². The number of hydrogen-bond donors (Lipinski definition) is 1. The molecule has 1 atom stereocenters. The fraction of sp³-hybridized carbons (Fsp3) is 0.333. The molecule has 1 fully saturated rings. The maximum absolute atomic E-state index is 13.7. The minimum absolute atomic E-state index is 0.0312. The molecule has 1 aliphatic carbocycles. The number of carbonyl (C=O) groups is 2. The van der Waals surface area contributed by atoms with E-state index >= 15 is 0 Å². The van der Waals surface area contributed by atoms with Gasteiger partial charge >= 0.3 is 0 Å². The number of nitrogens with zero attached hydrogens (tertiary/aromatic N) is 1. The van der Waals surface area contributed by atoms with Gasteiger partial charge in [0.1, 0.15) is 17.7 Å². The first-order chi connectivity index (χ1) is 17.5. The second-order valence-electron chi connectivity index (χ2n) is 9.50. The average Bonchev–Trinajstić information content (AvgIpc) is 2.89. The van der Waals surface area contributed by atoms with Crippen LogP contribution in [0.2, 0.25) is 0 Å². The van der Waals surface area contributed by atoms with Crippen molar-refractivity contribution in [2.24, 2.45) is 0 Å². The summed E-state index contributed by atoms with van der Waals surface area (Å²) in [4.78, 5) is 28.9. The first-order valence-corrected chi connectivity index (χ1v) is 12.6.